The van der Waals surface area contributed by atoms with Crippen LogP contribution in [0.1, 0.15) is 29.4 Å². The van der Waals surface area contributed by atoms with Gasteiger partial charge in [-0.1, -0.05) is 6.07 Å². The van der Waals surface area contributed by atoms with Crippen LogP contribution in [0.3, 0.4) is 0 Å². The Morgan fingerprint density at radius 1 is 1.14 bits per heavy atom. The molecule has 11 nitrogen and oxygen atoms in total. The molecule has 0 spiro atoms. The number of amides is 1. The second-order valence-corrected chi connectivity index (χ2v) is 9.12. The molecule has 2 aliphatic rings. The van der Waals surface area contributed by atoms with Gasteiger partial charge in [0, 0.05) is 44.5 Å². The minimum Gasteiger partial charge on any atom is -0.505 e. The number of nitro benzene ring substituents is 1. The highest BCUT2D eigenvalue weighted by molar-refractivity contribution is 6.46. The maximum absolute atomic E-state index is 13.3. The van der Waals surface area contributed by atoms with E-state index in [0.717, 1.165) is 19.6 Å². The summed E-state index contributed by atoms with van der Waals surface area (Å²) >= 11 is 0. The Kier molecular flexibility index (Phi) is 6.72. The lowest BCUT2D eigenvalue weighted by atomic mass is 9.96. The van der Waals surface area contributed by atoms with Crippen LogP contribution in [0.25, 0.3) is 11.4 Å². The third-order valence-electron chi connectivity index (χ3n) is 6.87. The monoisotopic (exact) mass is 505 g/mol. The number of carbonyl (C=O) groups is 2. The highest BCUT2D eigenvalue weighted by atomic mass is 16.6. The number of hydrogen-bond donors (Lipinski definition) is 1. The molecule has 0 radical (unpaired) electrons. The highest BCUT2D eigenvalue weighted by Gasteiger charge is 2.46. The van der Waals surface area contributed by atoms with Crippen LogP contribution in [0.2, 0.25) is 0 Å². The van der Waals surface area contributed by atoms with Gasteiger partial charge in [0.2, 0.25) is 0 Å². The van der Waals surface area contributed by atoms with Gasteiger partial charge >= 0.3 is 0 Å². The number of likely N-dealkylation sites (tertiary alicyclic amines) is 1. The van der Waals surface area contributed by atoms with Crippen LogP contribution in [0, 0.1) is 17.0 Å². The second kappa shape index (κ2) is 10.1. The normalized spacial score (nSPS) is 20.1. The molecular weight excluding hydrogens is 478 g/mol. The number of aliphatic hydroxyl groups excluding tert-OH is 1. The minimum atomic E-state index is -0.890. The Labute approximate surface area is 212 Å². The van der Waals surface area contributed by atoms with Gasteiger partial charge < -0.3 is 14.7 Å². The number of ether oxygens (including phenoxy) is 1. The zero-order valence-corrected chi connectivity index (χ0v) is 20.4. The largest absolute Gasteiger partial charge is 0.505 e. The SMILES string of the molecule is Cc1nc2ccccn2c1/C(O)=C1\C(=O)C(=O)N(CCCN2CCOCC2)C1c1ccc([N+](=O)[O-])cc1. The predicted octanol–water partition coefficient (Wildman–Crippen LogP) is 2.69. The van der Waals surface area contributed by atoms with E-state index in [1.54, 1.807) is 29.7 Å². The number of benzene rings is 1. The van der Waals surface area contributed by atoms with Crippen molar-refractivity contribution in [3.05, 3.63) is 81.3 Å². The van der Waals surface area contributed by atoms with Gasteiger partial charge in [0.15, 0.2) is 5.76 Å². The number of nitro groups is 1. The molecule has 0 saturated carbocycles. The van der Waals surface area contributed by atoms with Crippen LogP contribution >= 0.6 is 0 Å². The molecule has 37 heavy (non-hydrogen) atoms. The Bertz CT molecular complexity index is 1390. The summed E-state index contributed by atoms with van der Waals surface area (Å²) in [6.07, 6.45) is 2.34. The van der Waals surface area contributed by atoms with E-state index in [4.69, 9.17) is 4.74 Å². The standard InChI is InChI=1S/C26H27N5O6/c1-17-22(29-11-3-2-5-20(29)27-17)24(32)21-23(18-6-8-19(9-7-18)31(35)36)30(26(34)25(21)33)12-4-10-28-13-15-37-16-14-28/h2-3,5-9,11,23,32H,4,10,12-16H2,1H3/b24-21+. The summed E-state index contributed by atoms with van der Waals surface area (Å²) < 4.78 is 7.06. The van der Waals surface area contributed by atoms with Crippen molar-refractivity contribution < 1.29 is 24.4 Å². The number of ketones is 1. The fraction of sp³-hybridized carbons (Fsp3) is 0.346. The molecule has 1 unspecified atom stereocenters. The first-order chi connectivity index (χ1) is 17.9. The highest BCUT2D eigenvalue weighted by Crippen LogP contribution is 2.40. The van der Waals surface area contributed by atoms with Crippen LogP contribution in [0.4, 0.5) is 5.69 Å². The van der Waals surface area contributed by atoms with Crippen molar-refractivity contribution in [1.29, 1.82) is 0 Å². The van der Waals surface area contributed by atoms with E-state index in [-0.39, 0.29) is 23.6 Å². The molecule has 2 aromatic heterocycles. The first-order valence-corrected chi connectivity index (χ1v) is 12.1. The zero-order valence-electron chi connectivity index (χ0n) is 20.4. The topological polar surface area (TPSA) is 131 Å². The van der Waals surface area contributed by atoms with Crippen LogP contribution < -0.4 is 0 Å². The van der Waals surface area contributed by atoms with Crippen molar-refractivity contribution in [2.75, 3.05) is 39.4 Å². The number of aromatic nitrogens is 2. The van der Waals surface area contributed by atoms with E-state index in [1.807, 2.05) is 6.07 Å². The number of pyridine rings is 1. The summed E-state index contributed by atoms with van der Waals surface area (Å²) in [6, 6.07) is 10.2. The lowest BCUT2D eigenvalue weighted by Crippen LogP contribution is -2.38. The molecule has 1 aromatic carbocycles. The van der Waals surface area contributed by atoms with E-state index < -0.39 is 22.7 Å². The van der Waals surface area contributed by atoms with Crippen molar-refractivity contribution in [3.63, 3.8) is 0 Å². The van der Waals surface area contributed by atoms with Gasteiger partial charge in [0.25, 0.3) is 17.4 Å². The van der Waals surface area contributed by atoms with Crippen molar-refractivity contribution in [2.45, 2.75) is 19.4 Å². The van der Waals surface area contributed by atoms with Gasteiger partial charge in [-0.2, -0.15) is 0 Å². The third-order valence-corrected chi connectivity index (χ3v) is 6.87. The smallest absolute Gasteiger partial charge is 0.295 e. The molecule has 2 fully saturated rings. The quantitative estimate of drug-likeness (QED) is 0.171. The Morgan fingerprint density at radius 2 is 1.86 bits per heavy atom. The molecule has 11 heteroatoms. The molecule has 1 atom stereocenters. The van der Waals surface area contributed by atoms with Crippen molar-refractivity contribution in [2.24, 2.45) is 0 Å². The van der Waals surface area contributed by atoms with Crippen LogP contribution in [-0.2, 0) is 14.3 Å². The Morgan fingerprint density at radius 3 is 2.57 bits per heavy atom. The number of hydrogen-bond acceptors (Lipinski definition) is 8. The molecule has 0 bridgehead atoms. The lowest BCUT2D eigenvalue weighted by molar-refractivity contribution is -0.384. The molecule has 1 N–H and O–H groups in total. The Balaban J connectivity index is 1.56. The number of rotatable bonds is 7. The number of carbonyl (C=O) groups excluding carboxylic acids is 2. The molecule has 2 saturated heterocycles. The summed E-state index contributed by atoms with van der Waals surface area (Å²) in [5.41, 5.74) is 1.76. The van der Waals surface area contributed by atoms with E-state index in [0.29, 0.717) is 42.2 Å². The molecular formula is C26H27N5O6. The molecule has 2 aliphatic heterocycles. The number of nitrogens with zero attached hydrogens (tertiary/aromatic N) is 5. The van der Waals surface area contributed by atoms with Crippen LogP contribution in [-0.4, -0.2) is 80.3 Å². The predicted molar refractivity (Wildman–Crippen MR) is 134 cm³/mol. The van der Waals surface area contributed by atoms with Crippen molar-refractivity contribution in [1.82, 2.24) is 19.2 Å². The number of fused-ring (bicyclic) bond motifs is 1. The number of aryl methyl sites for hydroxylation is 1. The number of morpholine rings is 1. The summed E-state index contributed by atoms with van der Waals surface area (Å²) in [4.78, 5) is 45.4. The molecule has 192 valence electrons. The van der Waals surface area contributed by atoms with E-state index in [2.05, 4.69) is 9.88 Å². The van der Waals surface area contributed by atoms with E-state index in [9.17, 15) is 24.8 Å². The van der Waals surface area contributed by atoms with Gasteiger partial charge in [-0.05, 0) is 43.2 Å². The lowest BCUT2D eigenvalue weighted by Gasteiger charge is -2.29. The van der Waals surface area contributed by atoms with Crippen LogP contribution in [0.5, 0.6) is 0 Å². The average Bonchev–Trinajstić information content (AvgIpc) is 3.37. The first-order valence-electron chi connectivity index (χ1n) is 12.1. The van der Waals surface area contributed by atoms with Gasteiger partial charge in [-0.3, -0.25) is 29.0 Å². The zero-order chi connectivity index (χ0) is 26.1. The molecule has 0 aliphatic carbocycles. The van der Waals surface area contributed by atoms with Crippen LogP contribution in [0.15, 0.2) is 54.2 Å². The number of aliphatic hydroxyl groups is 1. The number of non-ortho nitro benzene ring substituents is 1. The summed E-state index contributed by atoms with van der Waals surface area (Å²) in [7, 11) is 0. The van der Waals surface area contributed by atoms with Crippen molar-refractivity contribution in [3.8, 4) is 0 Å². The number of Topliss-reactive ketones (excluding diaryl/α,β-unsaturated/α-hetero) is 1. The molecule has 5 rings (SSSR count). The van der Waals surface area contributed by atoms with E-state index >= 15 is 0 Å². The van der Waals surface area contributed by atoms with Crippen molar-refractivity contribution >= 4 is 28.8 Å². The molecule has 3 aromatic rings. The van der Waals surface area contributed by atoms with Gasteiger partial charge in [-0.15, -0.1) is 0 Å². The maximum atomic E-state index is 13.3. The van der Waals surface area contributed by atoms with Gasteiger partial charge in [0.05, 0.1) is 35.4 Å². The summed E-state index contributed by atoms with van der Waals surface area (Å²) in [5, 5.41) is 22.7. The molecule has 4 heterocycles. The maximum Gasteiger partial charge on any atom is 0.295 e. The fourth-order valence-electron chi connectivity index (χ4n) is 5.05. The second-order valence-electron chi connectivity index (χ2n) is 9.12. The first kappa shape index (κ1) is 24.6. The average molecular weight is 506 g/mol. The Hall–Kier alpha value is -4.09. The fourth-order valence-corrected chi connectivity index (χ4v) is 5.05. The number of imidazole rings is 1. The van der Waals surface area contributed by atoms with Gasteiger partial charge in [-0.25, -0.2) is 4.98 Å². The molecule has 1 amide bonds. The van der Waals surface area contributed by atoms with E-state index in [1.165, 1.54) is 29.2 Å². The third kappa shape index (κ3) is 4.58. The summed E-state index contributed by atoms with van der Waals surface area (Å²) in [5.74, 6) is -1.83. The minimum absolute atomic E-state index is 0.0565. The summed E-state index contributed by atoms with van der Waals surface area (Å²) in [6.45, 7) is 5.66. The van der Waals surface area contributed by atoms with Gasteiger partial charge in [0.1, 0.15) is 11.3 Å².